The number of anilines is 4. The van der Waals surface area contributed by atoms with Gasteiger partial charge in [0.15, 0.2) is 16.6 Å². The fraction of sp³-hybridized carbons (Fsp3) is 0.185. The van der Waals surface area contributed by atoms with Crippen LogP contribution in [0.4, 0.5) is 22.3 Å². The van der Waals surface area contributed by atoms with Gasteiger partial charge in [0, 0.05) is 46.6 Å². The van der Waals surface area contributed by atoms with E-state index in [0.717, 1.165) is 22.6 Å². The van der Waals surface area contributed by atoms with Gasteiger partial charge in [-0.05, 0) is 19.1 Å². The van der Waals surface area contributed by atoms with Crippen molar-refractivity contribution in [1.82, 2.24) is 9.97 Å². The van der Waals surface area contributed by atoms with Crippen molar-refractivity contribution in [3.05, 3.63) is 53.9 Å². The van der Waals surface area contributed by atoms with Crippen molar-refractivity contribution in [2.24, 2.45) is 0 Å². The largest absolute Gasteiger partial charge is 0.493 e. The fourth-order valence-corrected chi connectivity index (χ4v) is 5.43. The van der Waals surface area contributed by atoms with Gasteiger partial charge in [-0.2, -0.15) is 0 Å². The van der Waals surface area contributed by atoms with Gasteiger partial charge in [-0.15, -0.1) is 11.3 Å². The third kappa shape index (κ3) is 6.68. The van der Waals surface area contributed by atoms with E-state index >= 15 is 0 Å². The molecule has 0 spiro atoms. The van der Waals surface area contributed by atoms with Crippen LogP contribution in [0.1, 0.15) is 6.92 Å². The van der Waals surface area contributed by atoms with Crippen LogP contribution in [0.2, 0.25) is 0 Å². The summed E-state index contributed by atoms with van der Waals surface area (Å²) in [4.78, 5) is 33.5. The normalized spacial score (nSPS) is 10.8. The van der Waals surface area contributed by atoms with Crippen molar-refractivity contribution in [2.45, 2.75) is 6.92 Å². The van der Waals surface area contributed by atoms with Gasteiger partial charge in [-0.25, -0.2) is 14.8 Å². The molecule has 1 amide bonds. The number of carbonyl (C=O) groups excluding carboxylic acids is 2. The fourth-order valence-electron chi connectivity index (χ4n) is 3.60. The molecule has 2 heterocycles. The van der Waals surface area contributed by atoms with E-state index in [-0.39, 0.29) is 6.61 Å². The number of carbonyl (C=O) groups is 2. The van der Waals surface area contributed by atoms with Gasteiger partial charge in [-0.3, -0.25) is 4.79 Å². The molecule has 2 aromatic carbocycles. The van der Waals surface area contributed by atoms with E-state index in [1.165, 1.54) is 22.7 Å². The molecule has 0 radical (unpaired) electrons. The highest BCUT2D eigenvalue weighted by Crippen LogP contribution is 2.43. The lowest BCUT2D eigenvalue weighted by Gasteiger charge is -2.14. The summed E-state index contributed by atoms with van der Waals surface area (Å²) >= 11 is 2.79. The zero-order chi connectivity index (χ0) is 28.6. The Balaban J connectivity index is 1.50. The number of methoxy groups -OCH3 is 3. The second kappa shape index (κ2) is 13.0. The van der Waals surface area contributed by atoms with E-state index in [4.69, 9.17) is 29.7 Å². The molecule has 0 aliphatic rings. The lowest BCUT2D eigenvalue weighted by Crippen LogP contribution is -2.09. The first-order valence-corrected chi connectivity index (χ1v) is 13.6. The standard InChI is InChI=1S/C27H27N5O6S2/c1-5-38-22(34)10-9-21(33)29-16-8-6-7-15(11-16)18-14-39-26(31-18)24-25(28)32-27(40-24)30-17-12-19(35-2)23(37-4)20(13-17)36-3/h6-14H,5,28H2,1-4H3,(H,29,33)(H,30,32)/b10-9+. The number of nitrogens with two attached hydrogens (primary N) is 1. The molecule has 13 heteroatoms. The Kier molecular flexibility index (Phi) is 9.19. The summed E-state index contributed by atoms with van der Waals surface area (Å²) in [6.45, 7) is 1.93. The molecule has 4 rings (SSSR count). The number of thiazole rings is 2. The van der Waals surface area contributed by atoms with E-state index in [1.807, 2.05) is 11.4 Å². The van der Waals surface area contributed by atoms with Gasteiger partial charge in [0.2, 0.25) is 11.7 Å². The van der Waals surface area contributed by atoms with Crippen LogP contribution in [0.15, 0.2) is 53.9 Å². The van der Waals surface area contributed by atoms with Crippen molar-refractivity contribution in [3.8, 4) is 38.4 Å². The Morgan fingerprint density at radius 3 is 2.42 bits per heavy atom. The van der Waals surface area contributed by atoms with Crippen molar-refractivity contribution in [3.63, 3.8) is 0 Å². The third-order valence-corrected chi connectivity index (χ3v) is 7.33. The summed E-state index contributed by atoms with van der Waals surface area (Å²) in [7, 11) is 4.64. The molecule has 4 aromatic rings. The molecule has 0 saturated heterocycles. The topological polar surface area (TPSA) is 147 Å². The van der Waals surface area contributed by atoms with Crippen molar-refractivity contribution < 1.29 is 28.5 Å². The molecule has 0 unspecified atom stereocenters. The molecule has 4 N–H and O–H groups in total. The van der Waals surface area contributed by atoms with Crippen LogP contribution >= 0.6 is 22.7 Å². The average molecular weight is 582 g/mol. The molecular weight excluding hydrogens is 554 g/mol. The van der Waals surface area contributed by atoms with Crippen LogP contribution in [-0.4, -0.2) is 49.8 Å². The van der Waals surface area contributed by atoms with E-state index in [2.05, 4.69) is 15.6 Å². The number of esters is 1. The molecule has 2 aromatic heterocycles. The summed E-state index contributed by atoms with van der Waals surface area (Å²) in [6.07, 6.45) is 2.21. The molecule has 0 saturated carbocycles. The van der Waals surface area contributed by atoms with Crippen LogP contribution in [0.5, 0.6) is 17.2 Å². The molecule has 0 aliphatic heterocycles. The van der Waals surface area contributed by atoms with E-state index < -0.39 is 11.9 Å². The van der Waals surface area contributed by atoms with Gasteiger partial charge in [-0.1, -0.05) is 23.5 Å². The Hall–Kier alpha value is -4.62. The number of ether oxygens (including phenoxy) is 4. The maximum atomic E-state index is 12.2. The third-order valence-electron chi connectivity index (χ3n) is 5.35. The average Bonchev–Trinajstić information content (AvgIpc) is 3.58. The number of hydrogen-bond donors (Lipinski definition) is 3. The molecule has 11 nitrogen and oxygen atoms in total. The number of hydrogen-bond acceptors (Lipinski definition) is 12. The van der Waals surface area contributed by atoms with E-state index in [9.17, 15) is 9.59 Å². The van der Waals surface area contributed by atoms with Gasteiger partial charge in [0.1, 0.15) is 15.7 Å². The zero-order valence-electron chi connectivity index (χ0n) is 22.1. The second-order valence-corrected chi connectivity index (χ2v) is 9.82. The number of amides is 1. The van der Waals surface area contributed by atoms with E-state index in [0.29, 0.717) is 50.3 Å². The first-order chi connectivity index (χ1) is 19.3. The molecule has 0 atom stereocenters. The molecule has 0 fully saturated rings. The lowest BCUT2D eigenvalue weighted by atomic mass is 10.1. The van der Waals surface area contributed by atoms with Crippen molar-refractivity contribution in [2.75, 3.05) is 44.3 Å². The van der Waals surface area contributed by atoms with Crippen LogP contribution < -0.4 is 30.6 Å². The van der Waals surface area contributed by atoms with Gasteiger partial charge >= 0.3 is 5.97 Å². The Labute approximate surface area is 238 Å². The minimum absolute atomic E-state index is 0.237. The monoisotopic (exact) mass is 581 g/mol. The number of rotatable bonds is 11. The first-order valence-electron chi connectivity index (χ1n) is 11.9. The zero-order valence-corrected chi connectivity index (χ0v) is 23.8. The van der Waals surface area contributed by atoms with Crippen LogP contribution in [-0.2, 0) is 14.3 Å². The minimum atomic E-state index is -0.578. The van der Waals surface area contributed by atoms with Gasteiger partial charge in [0.05, 0.1) is 33.6 Å². The number of benzene rings is 2. The predicted octanol–water partition coefficient (Wildman–Crippen LogP) is 5.34. The van der Waals surface area contributed by atoms with Gasteiger partial charge < -0.3 is 35.3 Å². The van der Waals surface area contributed by atoms with Crippen molar-refractivity contribution in [1.29, 1.82) is 0 Å². The summed E-state index contributed by atoms with van der Waals surface area (Å²) in [6, 6.07) is 10.8. The number of nitrogens with zero attached hydrogens (tertiary/aromatic N) is 2. The number of aromatic nitrogens is 2. The quantitative estimate of drug-likeness (QED) is 0.157. The summed E-state index contributed by atoms with van der Waals surface area (Å²) in [5.41, 5.74) is 9.00. The SMILES string of the molecule is CCOC(=O)/C=C/C(=O)Nc1cccc(-c2csc(-c3sc(Nc4cc(OC)c(OC)c(OC)c4)nc3N)n2)c1. The molecule has 40 heavy (non-hydrogen) atoms. The highest BCUT2D eigenvalue weighted by atomic mass is 32.1. The smallest absolute Gasteiger partial charge is 0.330 e. The maximum Gasteiger partial charge on any atom is 0.330 e. The lowest BCUT2D eigenvalue weighted by molar-refractivity contribution is -0.137. The van der Waals surface area contributed by atoms with Crippen molar-refractivity contribution >= 4 is 56.9 Å². The second-order valence-electron chi connectivity index (χ2n) is 7.97. The maximum absolute atomic E-state index is 12.2. The molecule has 0 bridgehead atoms. The Morgan fingerprint density at radius 2 is 1.75 bits per heavy atom. The van der Waals surface area contributed by atoms with Gasteiger partial charge in [0.25, 0.3) is 0 Å². The number of nitrogens with one attached hydrogen (secondary N) is 2. The Morgan fingerprint density at radius 1 is 1.00 bits per heavy atom. The van der Waals surface area contributed by atoms with Crippen LogP contribution in [0.25, 0.3) is 21.1 Å². The summed E-state index contributed by atoms with van der Waals surface area (Å²) < 4.78 is 21.0. The predicted molar refractivity (Wildman–Crippen MR) is 157 cm³/mol. The van der Waals surface area contributed by atoms with Crippen LogP contribution in [0, 0.1) is 0 Å². The first kappa shape index (κ1) is 28.4. The van der Waals surface area contributed by atoms with E-state index in [1.54, 1.807) is 58.6 Å². The Bertz CT molecular complexity index is 1520. The summed E-state index contributed by atoms with van der Waals surface area (Å²) in [5.74, 6) is 0.815. The van der Waals surface area contributed by atoms with Crippen LogP contribution in [0.3, 0.4) is 0 Å². The highest BCUT2D eigenvalue weighted by Gasteiger charge is 2.18. The highest BCUT2D eigenvalue weighted by molar-refractivity contribution is 7.23. The minimum Gasteiger partial charge on any atom is -0.493 e. The molecular formula is C27H27N5O6S2. The number of nitrogen functional groups attached to an aromatic ring is 1. The molecule has 0 aliphatic carbocycles. The molecule has 208 valence electrons. The summed E-state index contributed by atoms with van der Waals surface area (Å²) in [5, 5.41) is 9.14.